The van der Waals surface area contributed by atoms with Crippen molar-refractivity contribution < 1.29 is 14.3 Å². The Hall–Kier alpha value is -2.73. The highest BCUT2D eigenvalue weighted by molar-refractivity contribution is 6.02. The van der Waals surface area contributed by atoms with E-state index in [0.717, 1.165) is 43.2 Å². The zero-order valence-electron chi connectivity index (χ0n) is 17.5. The monoisotopic (exact) mass is 407 g/mol. The molecular weight excluding hydrogens is 378 g/mol. The maximum Gasteiger partial charge on any atom is 0.254 e. The minimum atomic E-state index is -0.499. The Balaban J connectivity index is 1.72. The van der Waals surface area contributed by atoms with Gasteiger partial charge in [-0.2, -0.15) is 0 Å². The molecule has 30 heavy (non-hydrogen) atoms. The zero-order valence-corrected chi connectivity index (χ0v) is 17.5. The normalized spacial score (nSPS) is 20.1. The number of rotatable bonds is 6. The molecule has 1 aliphatic carbocycles. The molecule has 2 aliphatic rings. The highest BCUT2D eigenvalue weighted by atomic mass is 16.5. The molecule has 1 spiro atoms. The van der Waals surface area contributed by atoms with Crippen LogP contribution in [0.2, 0.25) is 0 Å². The van der Waals surface area contributed by atoms with Crippen LogP contribution < -0.4 is 5.32 Å². The smallest absolute Gasteiger partial charge is 0.254 e. The third kappa shape index (κ3) is 3.72. The summed E-state index contributed by atoms with van der Waals surface area (Å²) in [4.78, 5) is 33.2. The van der Waals surface area contributed by atoms with Crippen LogP contribution in [-0.2, 0) is 16.1 Å². The van der Waals surface area contributed by atoms with Crippen LogP contribution in [0, 0.1) is 0 Å². The van der Waals surface area contributed by atoms with Crippen molar-refractivity contribution in [3.63, 3.8) is 0 Å². The van der Waals surface area contributed by atoms with E-state index in [0.29, 0.717) is 25.3 Å². The summed E-state index contributed by atoms with van der Waals surface area (Å²) in [5.41, 5.74) is 1.94. The third-order valence-electron chi connectivity index (χ3n) is 6.51. The van der Waals surface area contributed by atoms with Crippen molar-refractivity contribution in [1.29, 1.82) is 0 Å². The van der Waals surface area contributed by atoms with Gasteiger partial charge in [0.1, 0.15) is 0 Å². The summed E-state index contributed by atoms with van der Waals surface area (Å²) in [6.07, 6.45) is 8.33. The number of ether oxygens (including phenoxy) is 1. The van der Waals surface area contributed by atoms with Crippen molar-refractivity contribution in [2.24, 2.45) is 0 Å². The van der Waals surface area contributed by atoms with E-state index in [-0.39, 0.29) is 17.7 Å². The number of benzene rings is 1. The number of hydrogen-bond acceptors (Lipinski definition) is 4. The van der Waals surface area contributed by atoms with Gasteiger partial charge in [-0.05, 0) is 36.1 Å². The van der Waals surface area contributed by atoms with E-state index in [2.05, 4.69) is 10.3 Å². The topological polar surface area (TPSA) is 71.5 Å². The molecule has 1 atom stereocenters. The van der Waals surface area contributed by atoms with Gasteiger partial charge in [0.05, 0.1) is 18.1 Å². The highest BCUT2D eigenvalue weighted by Gasteiger charge is 2.54. The Morgan fingerprint density at radius 3 is 2.73 bits per heavy atom. The minimum Gasteiger partial charge on any atom is -0.383 e. The summed E-state index contributed by atoms with van der Waals surface area (Å²) in [6, 6.07) is 11.4. The number of hydrogen-bond donors (Lipinski definition) is 1. The van der Waals surface area contributed by atoms with Gasteiger partial charge in [-0.15, -0.1) is 0 Å². The van der Waals surface area contributed by atoms with Gasteiger partial charge in [-0.3, -0.25) is 14.6 Å². The van der Waals surface area contributed by atoms with E-state index in [1.165, 1.54) is 0 Å². The molecule has 158 valence electrons. The molecule has 4 rings (SSSR count). The summed E-state index contributed by atoms with van der Waals surface area (Å²) < 4.78 is 5.31. The van der Waals surface area contributed by atoms with Crippen LogP contribution in [0.3, 0.4) is 0 Å². The summed E-state index contributed by atoms with van der Waals surface area (Å²) in [5, 5.41) is 3.12. The van der Waals surface area contributed by atoms with Crippen LogP contribution in [0.5, 0.6) is 0 Å². The summed E-state index contributed by atoms with van der Waals surface area (Å²) in [6.45, 7) is 1.38. The second kappa shape index (κ2) is 8.96. The van der Waals surface area contributed by atoms with E-state index in [9.17, 15) is 9.59 Å². The lowest BCUT2D eigenvalue weighted by molar-refractivity contribution is -0.127. The van der Waals surface area contributed by atoms with Crippen LogP contribution in [-0.4, -0.2) is 47.5 Å². The Labute approximate surface area is 177 Å². The molecule has 1 aliphatic heterocycles. The number of pyridine rings is 1. The van der Waals surface area contributed by atoms with Crippen LogP contribution in [0.4, 0.5) is 0 Å². The average molecular weight is 408 g/mol. The molecule has 0 unspecified atom stereocenters. The molecule has 2 amide bonds. The van der Waals surface area contributed by atoms with Crippen LogP contribution in [0.25, 0.3) is 0 Å². The molecule has 1 aromatic carbocycles. The van der Waals surface area contributed by atoms with Crippen LogP contribution >= 0.6 is 0 Å². The predicted octanol–water partition coefficient (Wildman–Crippen LogP) is 3.29. The molecule has 1 fully saturated rings. The molecular formula is C24H29N3O3. The lowest BCUT2D eigenvalue weighted by Gasteiger charge is -2.53. The van der Waals surface area contributed by atoms with E-state index < -0.39 is 5.54 Å². The number of nitrogens with zero attached hydrogens (tertiary/aromatic N) is 2. The molecule has 0 saturated heterocycles. The first-order valence-electron chi connectivity index (χ1n) is 10.7. The molecule has 1 aromatic heterocycles. The second-order valence-electron chi connectivity index (χ2n) is 8.21. The van der Waals surface area contributed by atoms with Crippen LogP contribution in [0.15, 0.2) is 48.8 Å². The highest BCUT2D eigenvalue weighted by Crippen LogP contribution is 2.49. The summed E-state index contributed by atoms with van der Waals surface area (Å²) in [7, 11) is 1.65. The van der Waals surface area contributed by atoms with Crippen molar-refractivity contribution in [2.75, 3.05) is 20.3 Å². The molecule has 1 saturated carbocycles. The first-order valence-corrected chi connectivity index (χ1v) is 10.7. The van der Waals surface area contributed by atoms with Crippen LogP contribution in [0.1, 0.15) is 59.5 Å². The van der Waals surface area contributed by atoms with Crippen molar-refractivity contribution in [2.45, 2.75) is 50.1 Å². The van der Waals surface area contributed by atoms with Gasteiger partial charge in [0.15, 0.2) is 0 Å². The van der Waals surface area contributed by atoms with E-state index >= 15 is 0 Å². The fourth-order valence-electron chi connectivity index (χ4n) is 5.15. The number of carbonyl (C=O) groups is 2. The third-order valence-corrected chi connectivity index (χ3v) is 6.51. The van der Waals surface area contributed by atoms with Gasteiger partial charge in [0.2, 0.25) is 5.91 Å². The summed E-state index contributed by atoms with van der Waals surface area (Å²) >= 11 is 0. The Kier molecular flexibility index (Phi) is 6.13. The molecule has 1 N–H and O–H groups in total. The quantitative estimate of drug-likeness (QED) is 0.798. The Bertz CT molecular complexity index is 894. The van der Waals surface area contributed by atoms with Crippen molar-refractivity contribution >= 4 is 11.8 Å². The number of amides is 2. The summed E-state index contributed by atoms with van der Waals surface area (Å²) in [5.74, 6) is -0.399. The van der Waals surface area contributed by atoms with E-state index in [1.807, 2.05) is 41.3 Å². The van der Waals surface area contributed by atoms with Gasteiger partial charge < -0.3 is 15.0 Å². The lowest BCUT2D eigenvalue weighted by atomic mass is 9.65. The zero-order chi connectivity index (χ0) is 21.0. The number of fused-ring (bicyclic) bond motifs is 1. The average Bonchev–Trinajstić information content (AvgIpc) is 2.79. The molecule has 2 aromatic rings. The molecule has 0 radical (unpaired) electrons. The molecule has 6 heteroatoms. The fourth-order valence-corrected chi connectivity index (χ4v) is 5.15. The van der Waals surface area contributed by atoms with Gasteiger partial charge in [0, 0.05) is 38.2 Å². The van der Waals surface area contributed by atoms with Gasteiger partial charge >= 0.3 is 0 Å². The largest absolute Gasteiger partial charge is 0.383 e. The van der Waals surface area contributed by atoms with Crippen molar-refractivity contribution in [1.82, 2.24) is 15.2 Å². The van der Waals surface area contributed by atoms with Crippen molar-refractivity contribution in [3.8, 4) is 0 Å². The SMILES string of the molecule is COCCN1C(=O)c2ccccc2[C@@H](C(=O)NCc2cccnc2)C12CCCCC2. The fraction of sp³-hybridized carbons (Fsp3) is 0.458. The second-order valence-corrected chi connectivity index (χ2v) is 8.21. The molecule has 2 heterocycles. The van der Waals surface area contributed by atoms with Gasteiger partial charge in [-0.25, -0.2) is 0 Å². The predicted molar refractivity (Wildman–Crippen MR) is 114 cm³/mol. The molecule has 6 nitrogen and oxygen atoms in total. The van der Waals surface area contributed by atoms with E-state index in [1.54, 1.807) is 19.5 Å². The minimum absolute atomic E-state index is 0.0147. The lowest BCUT2D eigenvalue weighted by Crippen LogP contribution is -2.63. The van der Waals surface area contributed by atoms with E-state index in [4.69, 9.17) is 4.74 Å². The van der Waals surface area contributed by atoms with Crippen molar-refractivity contribution in [3.05, 3.63) is 65.5 Å². The Morgan fingerprint density at radius 2 is 2.00 bits per heavy atom. The molecule has 0 bridgehead atoms. The number of aromatic nitrogens is 1. The van der Waals surface area contributed by atoms with Gasteiger partial charge in [-0.1, -0.05) is 43.5 Å². The number of nitrogens with one attached hydrogen (secondary N) is 1. The first-order chi connectivity index (χ1) is 14.7. The maximum atomic E-state index is 13.6. The van der Waals surface area contributed by atoms with Gasteiger partial charge in [0.25, 0.3) is 5.91 Å². The first kappa shape index (κ1) is 20.5. The Morgan fingerprint density at radius 1 is 1.20 bits per heavy atom. The number of methoxy groups -OCH3 is 1. The standard InChI is InChI=1S/C24H29N3O3/c1-30-15-14-27-23(29)20-10-4-3-9-19(20)21(24(27)11-5-2-6-12-24)22(28)26-17-18-8-7-13-25-16-18/h3-4,7-10,13,16,21H,2,5-6,11-12,14-15,17H2,1H3,(H,26,28)/t21-/m0/s1. The number of carbonyl (C=O) groups excluding carboxylic acids is 2. The maximum absolute atomic E-state index is 13.6.